The van der Waals surface area contributed by atoms with Gasteiger partial charge in [0.25, 0.3) is 0 Å². The van der Waals surface area contributed by atoms with Gasteiger partial charge in [0.2, 0.25) is 5.91 Å². The van der Waals surface area contributed by atoms with Gasteiger partial charge in [0.15, 0.2) is 5.13 Å². The van der Waals surface area contributed by atoms with Crippen LogP contribution >= 0.6 is 36.2 Å². The number of thiazole rings is 1. The third-order valence-electron chi connectivity index (χ3n) is 2.86. The molecule has 1 aromatic rings. The zero-order valence-electron chi connectivity index (χ0n) is 12.1. The molecule has 0 aromatic carbocycles. The fourth-order valence-electron chi connectivity index (χ4n) is 2.25. The van der Waals surface area contributed by atoms with Crippen molar-refractivity contribution >= 4 is 47.2 Å². The molecule has 0 bridgehead atoms. The summed E-state index contributed by atoms with van der Waals surface area (Å²) in [7, 11) is 0. The molecule has 3 N–H and O–H groups in total. The molecule has 6 nitrogen and oxygen atoms in total. The molecule has 1 fully saturated rings. The number of rotatable bonds is 4. The lowest BCUT2D eigenvalue weighted by Gasteiger charge is -2.34. The summed E-state index contributed by atoms with van der Waals surface area (Å²) in [5.41, 5.74) is 6.22. The lowest BCUT2D eigenvalue weighted by molar-refractivity contribution is -0.114. The number of nitrogens with zero attached hydrogens (tertiary/aromatic N) is 2. The SMILES string of the molecule is CC1CN(Cc2csc(NC(=O)CN)n2)CC(C)O1.Cl.Cl. The average molecular weight is 357 g/mol. The number of amides is 1. The Morgan fingerprint density at radius 3 is 2.67 bits per heavy atom. The molecule has 2 atom stereocenters. The predicted octanol–water partition coefficient (Wildman–Crippen LogP) is 1.49. The van der Waals surface area contributed by atoms with Crippen LogP contribution in [0.1, 0.15) is 19.5 Å². The number of halogens is 2. The maximum atomic E-state index is 11.2. The lowest BCUT2D eigenvalue weighted by atomic mass is 10.2. The Balaban J connectivity index is 0.00000200. The van der Waals surface area contributed by atoms with Crippen LogP contribution in [0.5, 0.6) is 0 Å². The molecule has 0 saturated carbocycles. The summed E-state index contributed by atoms with van der Waals surface area (Å²) in [6.07, 6.45) is 0.498. The van der Waals surface area contributed by atoms with Crippen LogP contribution in [-0.2, 0) is 16.1 Å². The fraction of sp³-hybridized carbons (Fsp3) is 0.667. The molecule has 21 heavy (non-hydrogen) atoms. The molecule has 2 unspecified atom stereocenters. The molecule has 1 saturated heterocycles. The predicted molar refractivity (Wildman–Crippen MR) is 89.6 cm³/mol. The number of aromatic nitrogens is 1. The van der Waals surface area contributed by atoms with E-state index in [1.165, 1.54) is 11.3 Å². The number of nitrogens with one attached hydrogen (secondary N) is 1. The van der Waals surface area contributed by atoms with Crippen LogP contribution < -0.4 is 11.1 Å². The summed E-state index contributed by atoms with van der Waals surface area (Å²) < 4.78 is 5.70. The van der Waals surface area contributed by atoms with Gasteiger partial charge in [-0.25, -0.2) is 4.98 Å². The summed E-state index contributed by atoms with van der Waals surface area (Å²) in [5.74, 6) is -0.213. The minimum absolute atomic E-state index is 0. The Labute approximate surface area is 141 Å². The zero-order valence-corrected chi connectivity index (χ0v) is 14.5. The topological polar surface area (TPSA) is 80.5 Å². The molecule has 2 heterocycles. The van der Waals surface area contributed by atoms with Crippen molar-refractivity contribution in [2.45, 2.75) is 32.6 Å². The van der Waals surface area contributed by atoms with E-state index in [9.17, 15) is 4.79 Å². The van der Waals surface area contributed by atoms with Crippen LogP contribution in [0.2, 0.25) is 0 Å². The van der Waals surface area contributed by atoms with Crippen molar-refractivity contribution in [1.29, 1.82) is 0 Å². The van der Waals surface area contributed by atoms with Crippen molar-refractivity contribution in [3.8, 4) is 0 Å². The number of hydrogen-bond donors (Lipinski definition) is 2. The van der Waals surface area contributed by atoms with Crippen LogP contribution in [0.4, 0.5) is 5.13 Å². The maximum Gasteiger partial charge on any atom is 0.239 e. The van der Waals surface area contributed by atoms with Gasteiger partial charge in [0.1, 0.15) is 0 Å². The molecular weight excluding hydrogens is 335 g/mol. The van der Waals surface area contributed by atoms with E-state index in [1.54, 1.807) is 0 Å². The highest BCUT2D eigenvalue weighted by molar-refractivity contribution is 7.13. The largest absolute Gasteiger partial charge is 0.373 e. The molecule has 0 radical (unpaired) electrons. The van der Waals surface area contributed by atoms with Gasteiger partial charge >= 0.3 is 0 Å². The van der Waals surface area contributed by atoms with Crippen LogP contribution in [0.3, 0.4) is 0 Å². The van der Waals surface area contributed by atoms with Crippen molar-refractivity contribution in [3.63, 3.8) is 0 Å². The highest BCUT2D eigenvalue weighted by atomic mass is 35.5. The third kappa shape index (κ3) is 6.46. The minimum Gasteiger partial charge on any atom is -0.373 e. The summed E-state index contributed by atoms with van der Waals surface area (Å²) in [5, 5.41) is 5.25. The second-order valence-corrected chi connectivity index (χ2v) is 5.71. The Hall–Kier alpha value is -0.440. The molecule has 0 aliphatic carbocycles. The van der Waals surface area contributed by atoms with Gasteiger partial charge < -0.3 is 15.8 Å². The molecule has 1 aliphatic rings. The Kier molecular flexibility index (Phi) is 9.35. The molecular formula is C12H22Cl2N4O2S. The first kappa shape index (κ1) is 20.6. The van der Waals surface area contributed by atoms with Crippen molar-refractivity contribution in [2.75, 3.05) is 25.0 Å². The maximum absolute atomic E-state index is 11.2. The van der Waals surface area contributed by atoms with E-state index < -0.39 is 0 Å². The van der Waals surface area contributed by atoms with Gasteiger partial charge in [-0.2, -0.15) is 0 Å². The second kappa shape index (κ2) is 9.55. The monoisotopic (exact) mass is 356 g/mol. The van der Waals surface area contributed by atoms with Crippen LogP contribution in [0.25, 0.3) is 0 Å². The average Bonchev–Trinajstić information content (AvgIpc) is 2.74. The smallest absolute Gasteiger partial charge is 0.239 e. The van der Waals surface area contributed by atoms with Crippen molar-refractivity contribution in [2.24, 2.45) is 5.73 Å². The quantitative estimate of drug-likeness (QED) is 0.854. The van der Waals surface area contributed by atoms with Gasteiger partial charge in [-0.15, -0.1) is 36.2 Å². The van der Waals surface area contributed by atoms with Crippen LogP contribution in [-0.4, -0.2) is 47.6 Å². The van der Waals surface area contributed by atoms with E-state index in [4.69, 9.17) is 10.5 Å². The molecule has 122 valence electrons. The minimum atomic E-state index is -0.213. The van der Waals surface area contributed by atoms with Gasteiger partial charge in [0.05, 0.1) is 24.4 Å². The van der Waals surface area contributed by atoms with E-state index in [0.717, 1.165) is 25.3 Å². The van der Waals surface area contributed by atoms with Crippen molar-refractivity contribution < 1.29 is 9.53 Å². The fourth-order valence-corrected chi connectivity index (χ4v) is 2.97. The number of nitrogens with two attached hydrogens (primary N) is 1. The molecule has 2 rings (SSSR count). The van der Waals surface area contributed by atoms with Crippen LogP contribution in [0.15, 0.2) is 5.38 Å². The summed E-state index contributed by atoms with van der Waals surface area (Å²) >= 11 is 1.43. The zero-order chi connectivity index (χ0) is 13.8. The second-order valence-electron chi connectivity index (χ2n) is 4.85. The van der Waals surface area contributed by atoms with Gasteiger partial charge in [-0.3, -0.25) is 9.69 Å². The number of ether oxygens (including phenoxy) is 1. The van der Waals surface area contributed by atoms with Gasteiger partial charge in [0, 0.05) is 25.0 Å². The summed E-state index contributed by atoms with van der Waals surface area (Å²) in [6.45, 7) is 6.74. The van der Waals surface area contributed by atoms with Crippen molar-refractivity contribution in [1.82, 2.24) is 9.88 Å². The number of hydrogen-bond acceptors (Lipinski definition) is 6. The standard InChI is InChI=1S/C12H20N4O2S.2ClH/c1-8-4-16(5-9(2)18-8)6-10-7-19-12(14-10)15-11(17)3-13;;/h7-9H,3-6,13H2,1-2H3,(H,14,15,17);2*1H. The highest BCUT2D eigenvalue weighted by Gasteiger charge is 2.22. The van der Waals surface area contributed by atoms with E-state index in [1.807, 2.05) is 5.38 Å². The van der Waals surface area contributed by atoms with E-state index >= 15 is 0 Å². The first-order valence-electron chi connectivity index (χ1n) is 6.39. The molecule has 0 spiro atoms. The van der Waals surface area contributed by atoms with Crippen molar-refractivity contribution in [3.05, 3.63) is 11.1 Å². The Bertz CT molecular complexity index is 437. The highest BCUT2D eigenvalue weighted by Crippen LogP contribution is 2.19. The number of carbonyl (C=O) groups excluding carboxylic acids is 1. The molecule has 1 aromatic heterocycles. The Morgan fingerprint density at radius 1 is 1.48 bits per heavy atom. The van der Waals surface area contributed by atoms with Gasteiger partial charge in [-0.05, 0) is 13.8 Å². The molecule has 1 aliphatic heterocycles. The summed E-state index contributed by atoms with van der Waals surface area (Å²) in [4.78, 5) is 17.9. The van der Waals surface area contributed by atoms with Crippen LogP contribution in [0, 0.1) is 0 Å². The first-order chi connectivity index (χ1) is 9.06. The summed E-state index contributed by atoms with van der Waals surface area (Å²) in [6, 6.07) is 0. The molecule has 9 heteroatoms. The number of carbonyl (C=O) groups is 1. The normalized spacial score (nSPS) is 22.0. The third-order valence-corrected chi connectivity index (χ3v) is 3.67. The lowest BCUT2D eigenvalue weighted by Crippen LogP contribution is -2.44. The first-order valence-corrected chi connectivity index (χ1v) is 7.27. The Morgan fingerprint density at radius 2 is 2.10 bits per heavy atom. The van der Waals surface area contributed by atoms with E-state index in [2.05, 4.69) is 29.0 Å². The molecule has 1 amide bonds. The van der Waals surface area contributed by atoms with Gasteiger partial charge in [-0.1, -0.05) is 0 Å². The van der Waals surface area contributed by atoms with E-state index in [-0.39, 0.29) is 49.5 Å². The van der Waals surface area contributed by atoms with E-state index in [0.29, 0.717) is 5.13 Å². The number of morpholine rings is 1. The number of anilines is 1.